The summed E-state index contributed by atoms with van der Waals surface area (Å²) in [4.78, 5) is 3.97. The fourth-order valence-corrected chi connectivity index (χ4v) is 1.43. The topological polar surface area (TPSA) is 33.1 Å². The fourth-order valence-electron chi connectivity index (χ4n) is 1.43. The highest BCUT2D eigenvalue weighted by molar-refractivity contribution is 5.49. The van der Waals surface area contributed by atoms with Crippen molar-refractivity contribution < 1.29 is 5.11 Å². The third-order valence-corrected chi connectivity index (χ3v) is 2.30. The number of pyridine rings is 1. The first-order valence-electron chi connectivity index (χ1n) is 5.17. The maximum Gasteiger partial charge on any atom is 0.0989 e. The molecule has 1 heterocycles. The van der Waals surface area contributed by atoms with Gasteiger partial charge in [0.15, 0.2) is 0 Å². The molecule has 0 spiro atoms. The number of aromatic nitrogens is 1. The number of hydrogen-bond donors (Lipinski definition) is 1. The van der Waals surface area contributed by atoms with Gasteiger partial charge in [0.1, 0.15) is 0 Å². The molecule has 0 aliphatic rings. The summed E-state index contributed by atoms with van der Waals surface area (Å²) in [5, 5.41) is 9.86. The molecule has 16 heavy (non-hydrogen) atoms. The van der Waals surface area contributed by atoms with Gasteiger partial charge in [-0.15, -0.1) is 0 Å². The van der Waals surface area contributed by atoms with Crippen molar-refractivity contribution in [1.82, 2.24) is 4.98 Å². The van der Waals surface area contributed by atoms with Crippen LogP contribution in [0.4, 0.5) is 0 Å². The third-order valence-electron chi connectivity index (χ3n) is 2.30. The minimum absolute atomic E-state index is 0.603. The molecule has 1 aromatic carbocycles. The van der Waals surface area contributed by atoms with Crippen LogP contribution >= 0.6 is 0 Å². The van der Waals surface area contributed by atoms with E-state index in [0.29, 0.717) is 0 Å². The summed E-state index contributed by atoms with van der Waals surface area (Å²) in [5.41, 5.74) is 1.88. The van der Waals surface area contributed by atoms with E-state index in [1.54, 1.807) is 18.5 Å². The van der Waals surface area contributed by atoms with E-state index < -0.39 is 6.10 Å². The van der Waals surface area contributed by atoms with Gasteiger partial charge in [-0.25, -0.2) is 0 Å². The van der Waals surface area contributed by atoms with Crippen LogP contribution in [0, 0.1) is 0 Å². The Bertz CT molecular complexity index is 451. The molecular weight excluding hydrogens is 198 g/mol. The lowest BCUT2D eigenvalue weighted by Gasteiger charge is -2.04. The summed E-state index contributed by atoms with van der Waals surface area (Å²) >= 11 is 0. The van der Waals surface area contributed by atoms with Gasteiger partial charge in [0.25, 0.3) is 0 Å². The number of aliphatic hydroxyl groups excluding tert-OH is 1. The van der Waals surface area contributed by atoms with Crippen LogP contribution in [0.25, 0.3) is 6.08 Å². The van der Waals surface area contributed by atoms with E-state index in [-0.39, 0.29) is 0 Å². The van der Waals surface area contributed by atoms with Crippen molar-refractivity contribution in [1.29, 1.82) is 0 Å². The highest BCUT2D eigenvalue weighted by Gasteiger charge is 2.01. The van der Waals surface area contributed by atoms with Crippen molar-refractivity contribution in [3.63, 3.8) is 0 Å². The van der Waals surface area contributed by atoms with Crippen molar-refractivity contribution in [3.8, 4) is 0 Å². The lowest BCUT2D eigenvalue weighted by atomic mass is 10.1. The highest BCUT2D eigenvalue weighted by Crippen LogP contribution is 2.14. The Hall–Kier alpha value is -1.93. The molecule has 2 rings (SSSR count). The standard InChI is InChI=1S/C14H13NO/c16-14(13-7-4-10-15-11-13)9-8-12-5-2-1-3-6-12/h1-11,14,16H/b9-8-/t14-/m1/s1. The molecule has 1 N–H and O–H groups in total. The van der Waals surface area contributed by atoms with Crippen molar-refractivity contribution in [2.75, 3.05) is 0 Å². The SMILES string of the molecule is O[C@H](/C=C\c1ccccc1)c1cccnc1. The van der Waals surface area contributed by atoms with Gasteiger partial charge in [0.05, 0.1) is 6.10 Å². The molecular formula is C14H13NO. The average molecular weight is 211 g/mol. The van der Waals surface area contributed by atoms with E-state index >= 15 is 0 Å². The zero-order valence-electron chi connectivity index (χ0n) is 8.82. The largest absolute Gasteiger partial charge is 0.384 e. The molecule has 0 aliphatic heterocycles. The molecule has 2 aromatic rings. The van der Waals surface area contributed by atoms with Crippen molar-refractivity contribution in [2.45, 2.75) is 6.10 Å². The summed E-state index contributed by atoms with van der Waals surface area (Å²) in [7, 11) is 0. The summed E-state index contributed by atoms with van der Waals surface area (Å²) < 4.78 is 0. The third kappa shape index (κ3) is 2.78. The smallest absolute Gasteiger partial charge is 0.0989 e. The number of nitrogens with zero attached hydrogens (tertiary/aromatic N) is 1. The molecule has 0 saturated heterocycles. The Labute approximate surface area is 94.9 Å². The molecule has 2 heteroatoms. The lowest BCUT2D eigenvalue weighted by Crippen LogP contribution is -1.92. The quantitative estimate of drug-likeness (QED) is 0.846. The summed E-state index contributed by atoms with van der Waals surface area (Å²) in [6, 6.07) is 13.6. The normalized spacial score (nSPS) is 12.8. The van der Waals surface area contributed by atoms with Gasteiger partial charge in [0.2, 0.25) is 0 Å². The fraction of sp³-hybridized carbons (Fsp3) is 0.0714. The maximum absolute atomic E-state index is 9.86. The molecule has 0 radical (unpaired) electrons. The molecule has 80 valence electrons. The number of aliphatic hydroxyl groups is 1. The zero-order chi connectivity index (χ0) is 11.2. The first kappa shape index (κ1) is 10.6. The summed E-state index contributed by atoms with van der Waals surface area (Å²) in [6.07, 6.45) is 6.41. The van der Waals surface area contributed by atoms with Crippen LogP contribution in [0.3, 0.4) is 0 Å². The Morgan fingerprint density at radius 1 is 1.06 bits per heavy atom. The van der Waals surface area contributed by atoms with E-state index in [1.807, 2.05) is 48.5 Å². The van der Waals surface area contributed by atoms with Gasteiger partial charge in [-0.1, -0.05) is 48.6 Å². The van der Waals surface area contributed by atoms with Crippen LogP contribution in [0.1, 0.15) is 17.2 Å². The number of rotatable bonds is 3. The van der Waals surface area contributed by atoms with Crippen LogP contribution in [-0.4, -0.2) is 10.1 Å². The van der Waals surface area contributed by atoms with Crippen LogP contribution in [0.15, 0.2) is 60.9 Å². The second kappa shape index (κ2) is 5.24. The first-order valence-corrected chi connectivity index (χ1v) is 5.17. The van der Waals surface area contributed by atoms with E-state index in [4.69, 9.17) is 0 Å². The van der Waals surface area contributed by atoms with Crippen molar-refractivity contribution in [2.24, 2.45) is 0 Å². The van der Waals surface area contributed by atoms with Gasteiger partial charge in [0, 0.05) is 18.0 Å². The van der Waals surface area contributed by atoms with E-state index in [2.05, 4.69) is 4.98 Å². The maximum atomic E-state index is 9.86. The lowest BCUT2D eigenvalue weighted by molar-refractivity contribution is 0.229. The van der Waals surface area contributed by atoms with Crippen LogP contribution < -0.4 is 0 Å². The summed E-state index contributed by atoms with van der Waals surface area (Å²) in [5.74, 6) is 0. The van der Waals surface area contributed by atoms with Gasteiger partial charge in [-0.3, -0.25) is 4.98 Å². The Morgan fingerprint density at radius 2 is 1.88 bits per heavy atom. The van der Waals surface area contributed by atoms with E-state index in [9.17, 15) is 5.11 Å². The van der Waals surface area contributed by atoms with Crippen LogP contribution in [0.5, 0.6) is 0 Å². The molecule has 1 atom stereocenters. The second-order valence-electron chi connectivity index (χ2n) is 3.50. The van der Waals surface area contributed by atoms with Crippen molar-refractivity contribution >= 4 is 6.08 Å². The Morgan fingerprint density at radius 3 is 2.56 bits per heavy atom. The predicted octanol–water partition coefficient (Wildman–Crippen LogP) is 2.83. The number of benzene rings is 1. The molecule has 0 saturated carbocycles. The van der Waals surface area contributed by atoms with Crippen LogP contribution in [0.2, 0.25) is 0 Å². The average Bonchev–Trinajstić information content (AvgIpc) is 2.38. The molecule has 0 unspecified atom stereocenters. The summed E-state index contributed by atoms with van der Waals surface area (Å²) in [6.45, 7) is 0. The van der Waals surface area contributed by atoms with E-state index in [1.165, 1.54) is 0 Å². The molecule has 0 amide bonds. The molecule has 2 nitrogen and oxygen atoms in total. The Kier molecular flexibility index (Phi) is 3.46. The van der Waals surface area contributed by atoms with Crippen molar-refractivity contribution in [3.05, 3.63) is 72.1 Å². The Balaban J connectivity index is 2.08. The molecule has 0 bridgehead atoms. The van der Waals surface area contributed by atoms with Crippen LogP contribution in [-0.2, 0) is 0 Å². The first-order chi connectivity index (χ1) is 7.86. The van der Waals surface area contributed by atoms with E-state index in [0.717, 1.165) is 11.1 Å². The molecule has 1 aromatic heterocycles. The predicted molar refractivity (Wildman–Crippen MR) is 64.7 cm³/mol. The highest BCUT2D eigenvalue weighted by atomic mass is 16.3. The van der Waals surface area contributed by atoms with Gasteiger partial charge in [-0.2, -0.15) is 0 Å². The second-order valence-corrected chi connectivity index (χ2v) is 3.50. The van der Waals surface area contributed by atoms with Gasteiger partial charge in [-0.05, 0) is 11.6 Å². The minimum Gasteiger partial charge on any atom is -0.384 e. The van der Waals surface area contributed by atoms with Gasteiger partial charge < -0.3 is 5.11 Å². The molecule has 0 aliphatic carbocycles. The number of hydrogen-bond acceptors (Lipinski definition) is 2. The zero-order valence-corrected chi connectivity index (χ0v) is 8.82. The van der Waals surface area contributed by atoms with Gasteiger partial charge >= 0.3 is 0 Å². The minimum atomic E-state index is -0.603. The monoisotopic (exact) mass is 211 g/mol. The molecule has 0 fully saturated rings.